The SMILES string of the molecule is CCS(=O)(=O)N(c1ccc(Br)cc1)C(C)C(=O)Cl. The summed E-state index contributed by atoms with van der Waals surface area (Å²) in [6.45, 7) is 2.98. The normalized spacial score (nSPS) is 13.1. The molecule has 0 amide bonds. The molecular formula is C11H13BrClNO3S. The van der Waals surface area contributed by atoms with Crippen molar-refractivity contribution in [1.82, 2.24) is 0 Å². The number of sulfonamides is 1. The minimum atomic E-state index is -3.56. The summed E-state index contributed by atoms with van der Waals surface area (Å²) in [6.07, 6.45) is 0. The minimum absolute atomic E-state index is 0.0996. The molecule has 7 heteroatoms. The molecule has 4 nitrogen and oxygen atoms in total. The number of rotatable bonds is 5. The molecule has 0 aliphatic carbocycles. The molecule has 1 atom stereocenters. The monoisotopic (exact) mass is 353 g/mol. The zero-order chi connectivity index (χ0) is 13.9. The number of hydrogen-bond donors (Lipinski definition) is 0. The van der Waals surface area contributed by atoms with E-state index in [9.17, 15) is 13.2 Å². The zero-order valence-electron chi connectivity index (χ0n) is 9.93. The van der Waals surface area contributed by atoms with E-state index in [1.54, 1.807) is 24.3 Å². The van der Waals surface area contributed by atoms with Gasteiger partial charge in [-0.25, -0.2) is 8.42 Å². The number of hydrogen-bond acceptors (Lipinski definition) is 3. The fraction of sp³-hybridized carbons (Fsp3) is 0.364. The van der Waals surface area contributed by atoms with E-state index >= 15 is 0 Å². The summed E-state index contributed by atoms with van der Waals surface area (Å²) in [6, 6.07) is 5.72. The standard InChI is InChI=1S/C11H13BrClNO3S/c1-3-18(16,17)14(8(2)11(13)15)10-6-4-9(12)5-7-10/h4-8H,3H2,1-2H3. The average molecular weight is 355 g/mol. The molecule has 18 heavy (non-hydrogen) atoms. The van der Waals surface area contributed by atoms with Gasteiger partial charge in [-0.1, -0.05) is 15.9 Å². The maximum atomic E-state index is 12.0. The van der Waals surface area contributed by atoms with Gasteiger partial charge in [0, 0.05) is 4.47 Å². The van der Waals surface area contributed by atoms with Gasteiger partial charge < -0.3 is 0 Å². The van der Waals surface area contributed by atoms with E-state index in [1.165, 1.54) is 13.8 Å². The third kappa shape index (κ3) is 3.46. The Morgan fingerprint density at radius 2 is 1.89 bits per heavy atom. The smallest absolute Gasteiger partial charge is 0.245 e. The Balaban J connectivity index is 3.29. The first-order valence-corrected chi connectivity index (χ1v) is 8.04. The van der Waals surface area contributed by atoms with Crippen molar-refractivity contribution < 1.29 is 13.2 Å². The first-order valence-electron chi connectivity index (χ1n) is 5.26. The lowest BCUT2D eigenvalue weighted by molar-refractivity contribution is -0.112. The Labute approximate surface area is 120 Å². The molecule has 0 heterocycles. The first-order chi connectivity index (χ1) is 8.29. The van der Waals surface area contributed by atoms with Gasteiger partial charge in [-0.3, -0.25) is 9.10 Å². The second kappa shape index (κ2) is 6.04. The molecule has 0 aliphatic rings. The van der Waals surface area contributed by atoms with Crippen LogP contribution >= 0.6 is 27.5 Å². The maximum Gasteiger partial charge on any atom is 0.245 e. The van der Waals surface area contributed by atoms with Gasteiger partial charge in [0.25, 0.3) is 0 Å². The Morgan fingerprint density at radius 1 is 1.39 bits per heavy atom. The predicted octanol–water partition coefficient (Wildman–Crippen LogP) is 2.76. The van der Waals surface area contributed by atoms with E-state index < -0.39 is 21.3 Å². The largest absolute Gasteiger partial charge is 0.279 e. The van der Waals surface area contributed by atoms with Crippen LogP contribution in [0, 0.1) is 0 Å². The molecular weight excluding hydrogens is 342 g/mol. The lowest BCUT2D eigenvalue weighted by Crippen LogP contribution is -2.42. The van der Waals surface area contributed by atoms with E-state index in [1.807, 2.05) is 0 Å². The number of carbonyl (C=O) groups is 1. The van der Waals surface area contributed by atoms with Gasteiger partial charge >= 0.3 is 0 Å². The van der Waals surface area contributed by atoms with Gasteiger partial charge in [0.15, 0.2) is 0 Å². The minimum Gasteiger partial charge on any atom is -0.279 e. The summed E-state index contributed by atoms with van der Waals surface area (Å²) in [5.41, 5.74) is 0.418. The van der Waals surface area contributed by atoms with E-state index in [-0.39, 0.29) is 5.75 Å². The molecule has 0 bridgehead atoms. The quantitative estimate of drug-likeness (QED) is 0.764. The lowest BCUT2D eigenvalue weighted by Gasteiger charge is -2.27. The Kier molecular flexibility index (Phi) is 5.19. The summed E-state index contributed by atoms with van der Waals surface area (Å²) in [4.78, 5) is 11.2. The van der Waals surface area contributed by atoms with Gasteiger partial charge in [0.05, 0.1) is 11.4 Å². The molecule has 1 unspecified atom stereocenters. The Hall–Kier alpha value is -0.590. The van der Waals surface area contributed by atoms with E-state index in [2.05, 4.69) is 15.9 Å². The third-order valence-electron chi connectivity index (χ3n) is 2.43. The number of anilines is 1. The summed E-state index contributed by atoms with van der Waals surface area (Å²) >= 11 is 8.68. The van der Waals surface area contributed by atoms with Gasteiger partial charge in [-0.2, -0.15) is 0 Å². The summed E-state index contributed by atoms with van der Waals surface area (Å²) in [5.74, 6) is -0.0996. The Morgan fingerprint density at radius 3 is 2.28 bits per heavy atom. The summed E-state index contributed by atoms with van der Waals surface area (Å²) in [5, 5.41) is -0.713. The molecule has 0 aliphatic heterocycles. The number of nitrogens with zero attached hydrogens (tertiary/aromatic N) is 1. The second-order valence-electron chi connectivity index (χ2n) is 3.65. The second-order valence-corrected chi connectivity index (χ2v) is 7.08. The van der Waals surface area contributed by atoms with Crippen LogP contribution in [-0.2, 0) is 14.8 Å². The molecule has 100 valence electrons. The van der Waals surface area contributed by atoms with Crippen LogP contribution in [0.3, 0.4) is 0 Å². The highest BCUT2D eigenvalue weighted by Crippen LogP contribution is 2.24. The van der Waals surface area contributed by atoms with E-state index in [4.69, 9.17) is 11.6 Å². The first kappa shape index (κ1) is 15.5. The highest BCUT2D eigenvalue weighted by atomic mass is 79.9. The fourth-order valence-electron chi connectivity index (χ4n) is 1.44. The van der Waals surface area contributed by atoms with Crippen molar-refractivity contribution in [1.29, 1.82) is 0 Å². The van der Waals surface area contributed by atoms with Crippen LogP contribution < -0.4 is 4.31 Å². The molecule has 1 aromatic carbocycles. The highest BCUT2D eigenvalue weighted by Gasteiger charge is 2.29. The highest BCUT2D eigenvalue weighted by molar-refractivity contribution is 9.10. The van der Waals surface area contributed by atoms with Crippen molar-refractivity contribution in [2.45, 2.75) is 19.9 Å². The molecule has 0 aromatic heterocycles. The molecule has 1 rings (SSSR count). The van der Waals surface area contributed by atoms with E-state index in [0.29, 0.717) is 5.69 Å². The molecule has 0 N–H and O–H groups in total. The van der Waals surface area contributed by atoms with Gasteiger partial charge in [-0.15, -0.1) is 0 Å². The zero-order valence-corrected chi connectivity index (χ0v) is 13.1. The number of halogens is 2. The van der Waals surface area contributed by atoms with Crippen LogP contribution in [-0.4, -0.2) is 25.5 Å². The van der Waals surface area contributed by atoms with Crippen LogP contribution in [0.25, 0.3) is 0 Å². The van der Waals surface area contributed by atoms with Gasteiger partial charge in [0.2, 0.25) is 15.3 Å². The van der Waals surface area contributed by atoms with Crippen molar-refractivity contribution in [3.63, 3.8) is 0 Å². The van der Waals surface area contributed by atoms with Crippen molar-refractivity contribution in [3.05, 3.63) is 28.7 Å². The van der Waals surface area contributed by atoms with Crippen LogP contribution in [0.5, 0.6) is 0 Å². The molecule has 0 saturated carbocycles. The van der Waals surface area contributed by atoms with Gasteiger partial charge in [0.1, 0.15) is 6.04 Å². The lowest BCUT2D eigenvalue weighted by atomic mass is 10.3. The third-order valence-corrected chi connectivity index (χ3v) is 5.13. The van der Waals surface area contributed by atoms with Gasteiger partial charge in [-0.05, 0) is 49.7 Å². The molecule has 0 saturated heterocycles. The number of carbonyl (C=O) groups excluding carboxylic acids is 1. The van der Waals surface area contributed by atoms with Crippen LogP contribution in [0.4, 0.5) is 5.69 Å². The topological polar surface area (TPSA) is 54.5 Å². The molecule has 0 radical (unpaired) electrons. The van der Waals surface area contributed by atoms with Crippen LogP contribution in [0.1, 0.15) is 13.8 Å². The predicted molar refractivity (Wildman–Crippen MR) is 76.4 cm³/mol. The molecule has 0 fully saturated rings. The summed E-state index contributed by atoms with van der Waals surface area (Å²) in [7, 11) is -3.56. The van der Waals surface area contributed by atoms with Crippen LogP contribution in [0.15, 0.2) is 28.7 Å². The maximum absolute atomic E-state index is 12.0. The fourth-order valence-corrected chi connectivity index (χ4v) is 3.16. The van der Waals surface area contributed by atoms with Crippen molar-refractivity contribution in [3.8, 4) is 0 Å². The van der Waals surface area contributed by atoms with Crippen molar-refractivity contribution >= 4 is 48.5 Å². The van der Waals surface area contributed by atoms with Crippen LogP contribution in [0.2, 0.25) is 0 Å². The molecule has 0 spiro atoms. The summed E-state index contributed by atoms with van der Waals surface area (Å²) < 4.78 is 25.9. The Bertz CT molecular complexity index is 530. The van der Waals surface area contributed by atoms with E-state index in [0.717, 1.165) is 8.78 Å². The average Bonchev–Trinajstić information content (AvgIpc) is 2.31. The van der Waals surface area contributed by atoms with Crippen molar-refractivity contribution in [2.75, 3.05) is 10.1 Å². The van der Waals surface area contributed by atoms with Crippen molar-refractivity contribution in [2.24, 2.45) is 0 Å². The molecule has 1 aromatic rings. The number of benzene rings is 1.